The Morgan fingerprint density at radius 3 is 2.79 bits per heavy atom. The molecular weight excluding hydrogens is 358 g/mol. The van der Waals surface area contributed by atoms with E-state index in [0.29, 0.717) is 17.1 Å². The molecule has 0 radical (unpaired) electrons. The number of ether oxygens (including phenoxy) is 1. The number of aromatic hydroxyl groups is 1. The molecule has 1 amide bonds. The molecular formula is C22H23NO5. The zero-order valence-corrected chi connectivity index (χ0v) is 15.9. The van der Waals surface area contributed by atoms with E-state index in [2.05, 4.69) is 19.2 Å². The number of nitrogens with one attached hydrogen (secondary N) is 1. The van der Waals surface area contributed by atoms with Crippen LogP contribution >= 0.6 is 0 Å². The first-order valence-corrected chi connectivity index (χ1v) is 9.21. The highest BCUT2D eigenvalue weighted by Crippen LogP contribution is 2.27. The lowest BCUT2D eigenvalue weighted by molar-refractivity contribution is -0.146. The van der Waals surface area contributed by atoms with Gasteiger partial charge in [0.25, 0.3) is 5.91 Å². The number of para-hydroxylation sites is 1. The third kappa shape index (κ3) is 4.52. The summed E-state index contributed by atoms with van der Waals surface area (Å²) in [6, 6.07) is 12.3. The highest BCUT2D eigenvalue weighted by Gasteiger charge is 2.15. The Hall–Kier alpha value is -3.28. The standard InChI is InChI=1S/C22H23NO5/c1-3-14(2)17-6-4-5-7-19(17)23-21(25)13-28-22(26)10-15-12-27-20-11-16(24)8-9-18(15)20/h4-9,11-12,14,24H,3,10,13H2,1-2H3,(H,23,25)/t14-/m1/s1. The van der Waals surface area contributed by atoms with Crippen molar-refractivity contribution in [2.45, 2.75) is 32.6 Å². The predicted octanol–water partition coefficient (Wildman–Crippen LogP) is 4.38. The van der Waals surface area contributed by atoms with Crippen LogP contribution in [-0.4, -0.2) is 23.6 Å². The number of furan rings is 1. The SMILES string of the molecule is CC[C@@H](C)c1ccccc1NC(=O)COC(=O)Cc1coc2cc(O)ccc12. The molecule has 6 nitrogen and oxygen atoms in total. The van der Waals surface area contributed by atoms with Crippen LogP contribution in [0.5, 0.6) is 5.75 Å². The third-order valence-electron chi connectivity index (χ3n) is 4.72. The summed E-state index contributed by atoms with van der Waals surface area (Å²) in [6.07, 6.45) is 2.39. The van der Waals surface area contributed by atoms with Crippen molar-refractivity contribution in [3.05, 3.63) is 59.9 Å². The van der Waals surface area contributed by atoms with Crippen LogP contribution in [-0.2, 0) is 20.7 Å². The van der Waals surface area contributed by atoms with Crippen LogP contribution in [0.25, 0.3) is 11.0 Å². The number of benzene rings is 2. The Labute approximate surface area is 163 Å². The van der Waals surface area contributed by atoms with Gasteiger partial charge in [-0.25, -0.2) is 0 Å². The van der Waals surface area contributed by atoms with Crippen molar-refractivity contribution < 1.29 is 23.8 Å². The van der Waals surface area contributed by atoms with E-state index in [1.54, 1.807) is 6.07 Å². The lowest BCUT2D eigenvalue weighted by atomic mass is 9.97. The molecule has 0 aliphatic heterocycles. The number of carbonyl (C=O) groups excluding carboxylic acids is 2. The summed E-state index contributed by atoms with van der Waals surface area (Å²) in [5.41, 5.74) is 2.92. The summed E-state index contributed by atoms with van der Waals surface area (Å²) >= 11 is 0. The number of carbonyl (C=O) groups is 2. The van der Waals surface area contributed by atoms with Gasteiger partial charge in [-0.15, -0.1) is 0 Å². The molecule has 0 spiro atoms. The minimum Gasteiger partial charge on any atom is -0.508 e. The van der Waals surface area contributed by atoms with Crippen LogP contribution in [0.4, 0.5) is 5.69 Å². The third-order valence-corrected chi connectivity index (χ3v) is 4.72. The molecule has 1 atom stereocenters. The van der Waals surface area contributed by atoms with Crippen molar-refractivity contribution in [1.29, 1.82) is 0 Å². The monoisotopic (exact) mass is 381 g/mol. The fourth-order valence-electron chi connectivity index (χ4n) is 3.01. The number of phenolic OH excluding ortho intramolecular Hbond substituents is 1. The Morgan fingerprint density at radius 2 is 2.00 bits per heavy atom. The number of fused-ring (bicyclic) bond motifs is 1. The Bertz CT molecular complexity index is 992. The van der Waals surface area contributed by atoms with Gasteiger partial charge in [-0.3, -0.25) is 9.59 Å². The second-order valence-electron chi connectivity index (χ2n) is 6.72. The van der Waals surface area contributed by atoms with Crippen molar-refractivity contribution in [2.75, 3.05) is 11.9 Å². The summed E-state index contributed by atoms with van der Waals surface area (Å²) in [5, 5.41) is 13.0. The van der Waals surface area contributed by atoms with Crippen molar-refractivity contribution in [3.8, 4) is 5.75 Å². The van der Waals surface area contributed by atoms with E-state index in [9.17, 15) is 14.7 Å². The van der Waals surface area contributed by atoms with Gasteiger partial charge in [-0.2, -0.15) is 0 Å². The average Bonchev–Trinajstić information content (AvgIpc) is 3.08. The maximum atomic E-state index is 12.2. The van der Waals surface area contributed by atoms with Crippen molar-refractivity contribution >= 4 is 28.5 Å². The van der Waals surface area contributed by atoms with Crippen LogP contribution in [0.3, 0.4) is 0 Å². The summed E-state index contributed by atoms with van der Waals surface area (Å²) in [6.45, 7) is 3.83. The molecule has 146 valence electrons. The zero-order chi connectivity index (χ0) is 20.1. The van der Waals surface area contributed by atoms with E-state index in [4.69, 9.17) is 9.15 Å². The molecule has 0 saturated carbocycles. The van der Waals surface area contributed by atoms with Gasteiger partial charge in [-0.1, -0.05) is 32.0 Å². The summed E-state index contributed by atoms with van der Waals surface area (Å²) in [5.74, 6) is -0.509. The smallest absolute Gasteiger partial charge is 0.310 e. The predicted molar refractivity (Wildman–Crippen MR) is 106 cm³/mol. The van der Waals surface area contributed by atoms with E-state index in [1.165, 1.54) is 18.4 Å². The lowest BCUT2D eigenvalue weighted by Gasteiger charge is -2.15. The van der Waals surface area contributed by atoms with E-state index in [1.807, 2.05) is 24.3 Å². The first-order valence-electron chi connectivity index (χ1n) is 9.21. The maximum Gasteiger partial charge on any atom is 0.310 e. The summed E-state index contributed by atoms with van der Waals surface area (Å²) < 4.78 is 10.4. The number of anilines is 1. The number of esters is 1. The zero-order valence-electron chi connectivity index (χ0n) is 15.9. The molecule has 0 saturated heterocycles. The maximum absolute atomic E-state index is 12.2. The summed E-state index contributed by atoms with van der Waals surface area (Å²) in [7, 11) is 0. The average molecular weight is 381 g/mol. The Morgan fingerprint density at radius 1 is 1.21 bits per heavy atom. The van der Waals surface area contributed by atoms with Gasteiger partial charge < -0.3 is 19.6 Å². The topological polar surface area (TPSA) is 88.8 Å². The largest absolute Gasteiger partial charge is 0.508 e. The minimum absolute atomic E-state index is 0.0193. The fraction of sp³-hybridized carbons (Fsp3) is 0.273. The normalized spacial score (nSPS) is 11.9. The first-order chi connectivity index (χ1) is 13.5. The molecule has 3 aromatic rings. The fourth-order valence-corrected chi connectivity index (χ4v) is 3.01. The van der Waals surface area contributed by atoms with E-state index >= 15 is 0 Å². The van der Waals surface area contributed by atoms with Crippen LogP contribution in [0.15, 0.2) is 53.1 Å². The first kappa shape index (κ1) is 19.5. The van der Waals surface area contributed by atoms with Gasteiger partial charge in [0.15, 0.2) is 6.61 Å². The van der Waals surface area contributed by atoms with Gasteiger partial charge in [0, 0.05) is 22.7 Å². The van der Waals surface area contributed by atoms with E-state index < -0.39 is 5.97 Å². The highest BCUT2D eigenvalue weighted by atomic mass is 16.5. The Balaban J connectivity index is 1.57. The molecule has 0 bridgehead atoms. The molecule has 0 fully saturated rings. The number of amides is 1. The second-order valence-corrected chi connectivity index (χ2v) is 6.72. The molecule has 2 N–H and O–H groups in total. The molecule has 1 aromatic heterocycles. The molecule has 28 heavy (non-hydrogen) atoms. The highest BCUT2D eigenvalue weighted by molar-refractivity contribution is 5.94. The van der Waals surface area contributed by atoms with Crippen LogP contribution < -0.4 is 5.32 Å². The van der Waals surface area contributed by atoms with E-state index in [-0.39, 0.29) is 24.7 Å². The van der Waals surface area contributed by atoms with Gasteiger partial charge in [0.1, 0.15) is 11.3 Å². The molecule has 0 aliphatic rings. The van der Waals surface area contributed by atoms with Crippen molar-refractivity contribution in [2.24, 2.45) is 0 Å². The van der Waals surface area contributed by atoms with Gasteiger partial charge in [0.05, 0.1) is 12.7 Å². The van der Waals surface area contributed by atoms with Crippen LogP contribution in [0.1, 0.15) is 37.3 Å². The molecule has 2 aromatic carbocycles. The number of rotatable bonds is 7. The molecule has 3 rings (SSSR count). The minimum atomic E-state index is -0.527. The number of hydrogen-bond acceptors (Lipinski definition) is 5. The number of phenols is 1. The quantitative estimate of drug-likeness (QED) is 0.593. The van der Waals surface area contributed by atoms with Crippen molar-refractivity contribution in [3.63, 3.8) is 0 Å². The van der Waals surface area contributed by atoms with Crippen molar-refractivity contribution in [1.82, 2.24) is 0 Å². The molecule has 6 heteroatoms. The molecule has 1 heterocycles. The van der Waals surface area contributed by atoms with E-state index in [0.717, 1.165) is 23.1 Å². The molecule has 0 aliphatic carbocycles. The van der Waals surface area contributed by atoms with Gasteiger partial charge in [-0.05, 0) is 36.1 Å². The molecule has 0 unspecified atom stereocenters. The van der Waals surface area contributed by atoms with Crippen LogP contribution in [0.2, 0.25) is 0 Å². The van der Waals surface area contributed by atoms with Gasteiger partial charge >= 0.3 is 5.97 Å². The second kappa shape index (κ2) is 8.61. The van der Waals surface area contributed by atoms with Gasteiger partial charge in [0.2, 0.25) is 0 Å². The van der Waals surface area contributed by atoms with Crippen LogP contribution in [0, 0.1) is 0 Å². The number of hydrogen-bond donors (Lipinski definition) is 2. The lowest BCUT2D eigenvalue weighted by Crippen LogP contribution is -2.22. The summed E-state index contributed by atoms with van der Waals surface area (Å²) in [4.78, 5) is 24.3. The Kier molecular flexibility index (Phi) is 5.99.